The normalized spacial score (nSPS) is 17.2. The first-order valence-corrected chi connectivity index (χ1v) is 9.59. The van der Waals surface area contributed by atoms with Gasteiger partial charge < -0.3 is 10.0 Å². The molecule has 2 aromatic carbocycles. The van der Waals surface area contributed by atoms with Gasteiger partial charge >= 0.3 is 0 Å². The number of aliphatic hydroxyl groups is 1. The molecule has 0 amide bonds. The van der Waals surface area contributed by atoms with E-state index in [2.05, 4.69) is 11.0 Å². The number of halogens is 1. The number of benzene rings is 2. The van der Waals surface area contributed by atoms with Crippen LogP contribution in [0.1, 0.15) is 46.0 Å². The summed E-state index contributed by atoms with van der Waals surface area (Å²) in [7, 11) is 0. The Morgan fingerprint density at radius 3 is 2.42 bits per heavy atom. The Morgan fingerprint density at radius 1 is 1.15 bits per heavy atom. The zero-order valence-electron chi connectivity index (χ0n) is 15.4. The summed E-state index contributed by atoms with van der Waals surface area (Å²) in [5.74, 6) is 0.348. The van der Waals surface area contributed by atoms with Crippen LogP contribution >= 0.6 is 11.6 Å². The summed E-state index contributed by atoms with van der Waals surface area (Å²) in [6.07, 6.45) is 1.16. The number of nitrogens with zero attached hydrogens (tertiary/aromatic N) is 1. The van der Waals surface area contributed by atoms with Gasteiger partial charge in [0.15, 0.2) is 5.78 Å². The van der Waals surface area contributed by atoms with E-state index < -0.39 is 6.10 Å². The molecule has 2 aromatic rings. The van der Waals surface area contributed by atoms with Gasteiger partial charge in [-0.05, 0) is 63.0 Å². The van der Waals surface area contributed by atoms with E-state index >= 15 is 0 Å². The van der Waals surface area contributed by atoms with Gasteiger partial charge in [0.25, 0.3) is 0 Å². The third-order valence-electron chi connectivity index (χ3n) is 5.29. The minimum Gasteiger partial charge on any atom is -0.387 e. The number of likely N-dealkylation sites (tertiary alicyclic amines) is 1. The largest absolute Gasteiger partial charge is 0.387 e. The first kappa shape index (κ1) is 19.1. The Labute approximate surface area is 160 Å². The lowest BCUT2D eigenvalue weighted by Gasteiger charge is -2.32. The lowest BCUT2D eigenvalue weighted by molar-refractivity contribution is 0.0726. The third-order valence-corrected chi connectivity index (χ3v) is 5.54. The number of Topliss-reactive ketones (excluding diaryl/α,β-unsaturated/α-hetero) is 1. The van der Waals surface area contributed by atoms with E-state index in [4.69, 9.17) is 11.6 Å². The van der Waals surface area contributed by atoms with Gasteiger partial charge in [0.2, 0.25) is 0 Å². The molecule has 1 aliphatic heterocycles. The predicted octanol–water partition coefficient (Wildman–Crippen LogP) is 4.59. The maximum atomic E-state index is 12.8. The first-order chi connectivity index (χ1) is 12.4. The molecule has 1 heterocycles. The molecule has 4 heteroatoms. The van der Waals surface area contributed by atoms with Gasteiger partial charge in [-0.25, -0.2) is 0 Å². The first-order valence-electron chi connectivity index (χ1n) is 9.21. The van der Waals surface area contributed by atoms with Crippen molar-refractivity contribution in [2.75, 3.05) is 19.6 Å². The number of hydrogen-bond acceptors (Lipinski definition) is 3. The summed E-state index contributed by atoms with van der Waals surface area (Å²) >= 11 is 5.90. The van der Waals surface area contributed by atoms with Crippen molar-refractivity contribution in [3.63, 3.8) is 0 Å². The topological polar surface area (TPSA) is 40.5 Å². The molecule has 26 heavy (non-hydrogen) atoms. The molecule has 1 aliphatic rings. The van der Waals surface area contributed by atoms with Crippen molar-refractivity contribution in [2.45, 2.75) is 32.8 Å². The van der Waals surface area contributed by atoms with Gasteiger partial charge in [-0.3, -0.25) is 4.79 Å². The summed E-state index contributed by atoms with van der Waals surface area (Å²) in [6.45, 7) is 6.33. The SMILES string of the molecule is Cc1ccc(C(=O)C2CCN(CC(O)c3ccc(Cl)cc3)CC2)c(C)c1. The van der Waals surface area contributed by atoms with E-state index in [1.165, 1.54) is 5.56 Å². The van der Waals surface area contributed by atoms with Crippen LogP contribution in [0.4, 0.5) is 0 Å². The molecule has 1 saturated heterocycles. The summed E-state index contributed by atoms with van der Waals surface area (Å²) in [4.78, 5) is 15.1. The molecule has 138 valence electrons. The Bertz CT molecular complexity index is 764. The second-order valence-electron chi connectivity index (χ2n) is 7.32. The van der Waals surface area contributed by atoms with E-state index in [0.717, 1.165) is 42.6 Å². The minimum atomic E-state index is -0.529. The Balaban J connectivity index is 1.55. The number of hydrogen-bond donors (Lipinski definition) is 1. The van der Waals surface area contributed by atoms with Gasteiger partial charge in [0, 0.05) is 23.0 Å². The second-order valence-corrected chi connectivity index (χ2v) is 7.76. The molecule has 0 spiro atoms. The fourth-order valence-corrected chi connectivity index (χ4v) is 3.85. The molecule has 1 fully saturated rings. The van der Waals surface area contributed by atoms with E-state index in [-0.39, 0.29) is 11.7 Å². The number of β-amino-alcohol motifs (C(OH)–C–C–N with tert-alkyl or cyclic N) is 1. The molecular formula is C22H26ClNO2. The van der Waals surface area contributed by atoms with Crippen LogP contribution in [0.2, 0.25) is 5.02 Å². The maximum Gasteiger partial charge on any atom is 0.166 e. The molecule has 1 N–H and O–H groups in total. The van der Waals surface area contributed by atoms with Crippen LogP contribution in [0.25, 0.3) is 0 Å². The Hall–Kier alpha value is -1.68. The number of piperidine rings is 1. The summed E-state index contributed by atoms with van der Waals surface area (Å²) in [5.41, 5.74) is 3.98. The van der Waals surface area contributed by atoms with E-state index in [1.54, 1.807) is 12.1 Å². The lowest BCUT2D eigenvalue weighted by atomic mass is 9.87. The van der Waals surface area contributed by atoms with Crippen molar-refractivity contribution < 1.29 is 9.90 Å². The van der Waals surface area contributed by atoms with Crippen LogP contribution in [-0.4, -0.2) is 35.4 Å². The third kappa shape index (κ3) is 4.53. The quantitative estimate of drug-likeness (QED) is 0.782. The van der Waals surface area contributed by atoms with Crippen molar-refractivity contribution >= 4 is 17.4 Å². The van der Waals surface area contributed by atoms with Gasteiger partial charge in [-0.15, -0.1) is 0 Å². The maximum absolute atomic E-state index is 12.8. The lowest BCUT2D eigenvalue weighted by Crippen LogP contribution is -2.38. The number of carbonyl (C=O) groups is 1. The molecule has 3 nitrogen and oxygen atoms in total. The zero-order valence-corrected chi connectivity index (χ0v) is 16.2. The highest BCUT2D eigenvalue weighted by atomic mass is 35.5. The predicted molar refractivity (Wildman–Crippen MR) is 106 cm³/mol. The highest BCUT2D eigenvalue weighted by Crippen LogP contribution is 2.25. The average Bonchev–Trinajstić information content (AvgIpc) is 2.62. The summed E-state index contributed by atoms with van der Waals surface area (Å²) in [6, 6.07) is 13.4. The molecule has 0 radical (unpaired) electrons. The van der Waals surface area contributed by atoms with Crippen molar-refractivity contribution in [1.82, 2.24) is 4.90 Å². The standard InChI is InChI=1S/C22H26ClNO2/c1-15-3-8-20(16(2)13-15)22(26)18-9-11-24(12-10-18)14-21(25)17-4-6-19(23)7-5-17/h3-8,13,18,21,25H,9-12,14H2,1-2H3. The van der Waals surface area contributed by atoms with Crippen molar-refractivity contribution in [3.05, 3.63) is 69.7 Å². The van der Waals surface area contributed by atoms with Crippen molar-refractivity contribution in [2.24, 2.45) is 5.92 Å². The van der Waals surface area contributed by atoms with Gasteiger partial charge in [-0.2, -0.15) is 0 Å². The van der Waals surface area contributed by atoms with Crippen molar-refractivity contribution in [3.8, 4) is 0 Å². The van der Waals surface area contributed by atoms with Crippen LogP contribution < -0.4 is 0 Å². The van der Waals surface area contributed by atoms with Crippen LogP contribution in [0.5, 0.6) is 0 Å². The summed E-state index contributed by atoms with van der Waals surface area (Å²) < 4.78 is 0. The van der Waals surface area contributed by atoms with E-state index in [9.17, 15) is 9.90 Å². The smallest absolute Gasteiger partial charge is 0.166 e. The van der Waals surface area contributed by atoms with Gasteiger partial charge in [0.1, 0.15) is 0 Å². The molecule has 3 rings (SSSR count). The van der Waals surface area contributed by atoms with E-state index in [0.29, 0.717) is 11.6 Å². The average molecular weight is 372 g/mol. The number of aryl methyl sites for hydroxylation is 2. The molecule has 1 unspecified atom stereocenters. The highest BCUT2D eigenvalue weighted by molar-refractivity contribution is 6.30. The molecule has 0 aromatic heterocycles. The van der Waals surface area contributed by atoms with Crippen molar-refractivity contribution in [1.29, 1.82) is 0 Å². The number of carbonyl (C=O) groups excluding carboxylic acids is 1. The van der Waals surface area contributed by atoms with Crippen LogP contribution in [0.3, 0.4) is 0 Å². The Morgan fingerprint density at radius 2 is 1.81 bits per heavy atom. The minimum absolute atomic E-state index is 0.0836. The zero-order chi connectivity index (χ0) is 18.7. The molecule has 0 saturated carbocycles. The monoisotopic (exact) mass is 371 g/mol. The molecular weight excluding hydrogens is 346 g/mol. The Kier molecular flexibility index (Phi) is 6.13. The molecule has 0 aliphatic carbocycles. The van der Waals surface area contributed by atoms with Gasteiger partial charge in [-0.1, -0.05) is 47.5 Å². The van der Waals surface area contributed by atoms with Crippen LogP contribution in [-0.2, 0) is 0 Å². The van der Waals surface area contributed by atoms with Crippen LogP contribution in [0.15, 0.2) is 42.5 Å². The van der Waals surface area contributed by atoms with Crippen LogP contribution in [0, 0.1) is 19.8 Å². The van der Waals surface area contributed by atoms with E-state index in [1.807, 2.05) is 38.1 Å². The highest BCUT2D eigenvalue weighted by Gasteiger charge is 2.27. The number of rotatable bonds is 5. The molecule has 0 bridgehead atoms. The summed E-state index contributed by atoms with van der Waals surface area (Å²) in [5, 5.41) is 11.1. The number of ketones is 1. The number of aliphatic hydroxyl groups excluding tert-OH is 1. The molecule has 1 atom stereocenters. The second kappa shape index (κ2) is 8.34. The van der Waals surface area contributed by atoms with Gasteiger partial charge in [0.05, 0.1) is 6.10 Å². The fraction of sp³-hybridized carbons (Fsp3) is 0.409. The fourth-order valence-electron chi connectivity index (χ4n) is 3.72.